The smallest absolute Gasteiger partial charge is 0.243 e. The summed E-state index contributed by atoms with van der Waals surface area (Å²) in [7, 11) is -2.16. The number of ether oxygens (including phenoxy) is 1. The second-order valence-electron chi connectivity index (χ2n) is 7.81. The van der Waals surface area contributed by atoms with Gasteiger partial charge in [0.1, 0.15) is 5.75 Å². The summed E-state index contributed by atoms with van der Waals surface area (Å²) in [6.45, 7) is 1.19. The molecule has 0 aromatic heterocycles. The molecule has 2 heterocycles. The predicted molar refractivity (Wildman–Crippen MR) is 114 cm³/mol. The number of rotatable bonds is 7. The standard InChI is InChI=1S/C22H25N3O5S/c1-30-19-8-5-9-20(11-19)31(28,29)24-14-18(15-24)25-13-17(10-21(25)26)22(27)23-12-16-6-3-2-4-7-16/h2-9,11,17-18H,10,12-15H2,1H3,(H,23,27). The van der Waals surface area contributed by atoms with E-state index in [1.54, 1.807) is 17.0 Å². The van der Waals surface area contributed by atoms with Gasteiger partial charge in [0.2, 0.25) is 21.8 Å². The van der Waals surface area contributed by atoms with Crippen molar-refractivity contribution in [3.05, 3.63) is 60.2 Å². The normalized spacial score (nSPS) is 19.8. The quantitative estimate of drug-likeness (QED) is 0.695. The summed E-state index contributed by atoms with van der Waals surface area (Å²) in [4.78, 5) is 26.8. The second kappa shape index (κ2) is 8.68. The molecule has 2 saturated heterocycles. The zero-order chi connectivity index (χ0) is 22.0. The SMILES string of the molecule is COc1cccc(S(=O)(=O)N2CC(N3CC(C(=O)NCc4ccccc4)CC3=O)C2)c1. The summed E-state index contributed by atoms with van der Waals surface area (Å²) < 4.78 is 32.1. The van der Waals surface area contributed by atoms with Crippen LogP contribution in [-0.2, 0) is 26.2 Å². The van der Waals surface area contributed by atoms with E-state index in [4.69, 9.17) is 4.74 Å². The molecule has 1 atom stereocenters. The van der Waals surface area contributed by atoms with Gasteiger partial charge in [-0.3, -0.25) is 9.59 Å². The van der Waals surface area contributed by atoms with E-state index < -0.39 is 15.9 Å². The fraction of sp³-hybridized carbons (Fsp3) is 0.364. The van der Waals surface area contributed by atoms with Crippen LogP contribution in [0.3, 0.4) is 0 Å². The molecule has 2 fully saturated rings. The third-order valence-electron chi connectivity index (χ3n) is 5.79. The number of nitrogens with one attached hydrogen (secondary N) is 1. The van der Waals surface area contributed by atoms with Crippen molar-refractivity contribution in [2.75, 3.05) is 26.7 Å². The lowest BCUT2D eigenvalue weighted by molar-refractivity contribution is -0.132. The third-order valence-corrected chi connectivity index (χ3v) is 7.61. The van der Waals surface area contributed by atoms with E-state index in [0.29, 0.717) is 18.8 Å². The Morgan fingerprint density at radius 1 is 1.10 bits per heavy atom. The summed E-state index contributed by atoms with van der Waals surface area (Å²) in [5.74, 6) is -0.208. The monoisotopic (exact) mass is 443 g/mol. The molecule has 164 valence electrons. The van der Waals surface area contributed by atoms with Crippen molar-refractivity contribution in [1.29, 1.82) is 0 Å². The van der Waals surface area contributed by atoms with Crippen LogP contribution in [0.2, 0.25) is 0 Å². The van der Waals surface area contributed by atoms with Crippen LogP contribution in [0.25, 0.3) is 0 Å². The number of carbonyl (C=O) groups is 2. The van der Waals surface area contributed by atoms with E-state index >= 15 is 0 Å². The first-order valence-electron chi connectivity index (χ1n) is 10.1. The molecule has 9 heteroatoms. The number of methoxy groups -OCH3 is 1. The minimum atomic E-state index is -3.65. The lowest BCUT2D eigenvalue weighted by Gasteiger charge is -2.43. The van der Waals surface area contributed by atoms with Gasteiger partial charge in [-0.05, 0) is 17.7 Å². The highest BCUT2D eigenvalue weighted by Gasteiger charge is 2.45. The average Bonchev–Trinajstić information content (AvgIpc) is 3.13. The number of likely N-dealkylation sites (tertiary alicyclic amines) is 1. The summed E-state index contributed by atoms with van der Waals surface area (Å²) >= 11 is 0. The summed E-state index contributed by atoms with van der Waals surface area (Å²) in [5.41, 5.74) is 0.995. The molecule has 0 aliphatic carbocycles. The Labute approximate surface area is 181 Å². The summed E-state index contributed by atoms with van der Waals surface area (Å²) in [5, 5.41) is 2.89. The Balaban J connectivity index is 1.32. The average molecular weight is 444 g/mol. The van der Waals surface area contributed by atoms with Crippen molar-refractivity contribution in [2.24, 2.45) is 5.92 Å². The van der Waals surface area contributed by atoms with Crippen LogP contribution in [0.4, 0.5) is 0 Å². The topological polar surface area (TPSA) is 96.0 Å². The molecule has 4 rings (SSSR count). The molecule has 2 aromatic rings. The van der Waals surface area contributed by atoms with E-state index in [9.17, 15) is 18.0 Å². The molecule has 0 bridgehead atoms. The van der Waals surface area contributed by atoms with Gasteiger partial charge >= 0.3 is 0 Å². The first kappa shape index (κ1) is 21.3. The van der Waals surface area contributed by atoms with E-state index in [-0.39, 0.29) is 42.3 Å². The van der Waals surface area contributed by atoms with Gasteiger partial charge in [-0.2, -0.15) is 4.31 Å². The fourth-order valence-corrected chi connectivity index (χ4v) is 5.46. The van der Waals surface area contributed by atoms with Gasteiger partial charge in [0, 0.05) is 38.7 Å². The van der Waals surface area contributed by atoms with Crippen LogP contribution in [0, 0.1) is 5.92 Å². The number of benzene rings is 2. The molecule has 0 radical (unpaired) electrons. The van der Waals surface area contributed by atoms with Crippen LogP contribution in [0.1, 0.15) is 12.0 Å². The maximum atomic E-state index is 12.8. The van der Waals surface area contributed by atoms with Gasteiger partial charge in [0.15, 0.2) is 0 Å². The molecule has 2 aromatic carbocycles. The fourth-order valence-electron chi connectivity index (χ4n) is 3.91. The van der Waals surface area contributed by atoms with Crippen LogP contribution in [0.15, 0.2) is 59.5 Å². The van der Waals surface area contributed by atoms with Crippen LogP contribution in [0.5, 0.6) is 5.75 Å². The van der Waals surface area contributed by atoms with Crippen molar-refractivity contribution in [3.8, 4) is 5.75 Å². The van der Waals surface area contributed by atoms with E-state index in [1.165, 1.54) is 23.5 Å². The molecule has 1 N–H and O–H groups in total. The highest BCUT2D eigenvalue weighted by atomic mass is 32.2. The molecule has 31 heavy (non-hydrogen) atoms. The molecular weight excluding hydrogens is 418 g/mol. The van der Waals surface area contributed by atoms with Gasteiger partial charge < -0.3 is 15.0 Å². The first-order valence-corrected chi connectivity index (χ1v) is 11.6. The Kier molecular flexibility index (Phi) is 5.97. The minimum absolute atomic E-state index is 0.108. The lowest BCUT2D eigenvalue weighted by atomic mass is 10.1. The zero-order valence-corrected chi connectivity index (χ0v) is 18.0. The maximum absolute atomic E-state index is 12.8. The van der Waals surface area contributed by atoms with Gasteiger partial charge in [-0.25, -0.2) is 8.42 Å². The third kappa shape index (κ3) is 4.42. The number of sulfonamides is 1. The Morgan fingerprint density at radius 3 is 2.55 bits per heavy atom. The van der Waals surface area contributed by atoms with E-state index in [1.807, 2.05) is 30.3 Å². The molecule has 0 spiro atoms. The highest BCUT2D eigenvalue weighted by molar-refractivity contribution is 7.89. The van der Waals surface area contributed by atoms with Crippen molar-refractivity contribution in [1.82, 2.24) is 14.5 Å². The van der Waals surface area contributed by atoms with Crippen molar-refractivity contribution >= 4 is 21.8 Å². The molecule has 1 unspecified atom stereocenters. The maximum Gasteiger partial charge on any atom is 0.243 e. The highest BCUT2D eigenvalue weighted by Crippen LogP contribution is 2.30. The molecule has 0 saturated carbocycles. The Hall–Kier alpha value is -2.91. The largest absolute Gasteiger partial charge is 0.497 e. The van der Waals surface area contributed by atoms with E-state index in [0.717, 1.165) is 5.56 Å². The van der Waals surface area contributed by atoms with Crippen molar-refractivity contribution < 1.29 is 22.7 Å². The summed E-state index contributed by atoms with van der Waals surface area (Å²) in [6, 6.07) is 15.7. The van der Waals surface area contributed by atoms with Gasteiger partial charge in [-0.15, -0.1) is 0 Å². The Morgan fingerprint density at radius 2 is 1.84 bits per heavy atom. The molecule has 8 nitrogen and oxygen atoms in total. The van der Waals surface area contributed by atoms with E-state index in [2.05, 4.69) is 5.32 Å². The van der Waals surface area contributed by atoms with Crippen molar-refractivity contribution in [3.63, 3.8) is 0 Å². The van der Waals surface area contributed by atoms with Crippen LogP contribution in [-0.4, -0.2) is 62.2 Å². The minimum Gasteiger partial charge on any atom is -0.497 e. The van der Waals surface area contributed by atoms with Crippen molar-refractivity contribution in [2.45, 2.75) is 23.9 Å². The lowest BCUT2D eigenvalue weighted by Crippen LogP contribution is -2.61. The first-order chi connectivity index (χ1) is 14.9. The number of nitrogens with zero attached hydrogens (tertiary/aromatic N) is 2. The number of hydrogen-bond acceptors (Lipinski definition) is 5. The number of amides is 2. The number of hydrogen-bond donors (Lipinski definition) is 1. The summed E-state index contributed by atoms with van der Waals surface area (Å²) in [6.07, 6.45) is 0.153. The number of carbonyl (C=O) groups excluding carboxylic acids is 2. The molecule has 2 amide bonds. The molecule has 2 aliphatic rings. The van der Waals surface area contributed by atoms with Gasteiger partial charge in [0.05, 0.1) is 24.0 Å². The van der Waals surface area contributed by atoms with Crippen LogP contribution >= 0.6 is 0 Å². The Bertz CT molecular complexity index is 1070. The molecule has 2 aliphatic heterocycles. The molecular formula is C22H25N3O5S. The second-order valence-corrected chi connectivity index (χ2v) is 9.74. The van der Waals surface area contributed by atoms with Gasteiger partial charge in [0.25, 0.3) is 0 Å². The zero-order valence-electron chi connectivity index (χ0n) is 17.2. The predicted octanol–water partition coefficient (Wildman–Crippen LogP) is 1.23. The van der Waals surface area contributed by atoms with Gasteiger partial charge in [-0.1, -0.05) is 36.4 Å². The van der Waals surface area contributed by atoms with Crippen LogP contribution < -0.4 is 10.1 Å².